The number of rotatable bonds is 11. The van der Waals surface area contributed by atoms with Crippen LogP contribution in [0.15, 0.2) is 36.9 Å². The highest BCUT2D eigenvalue weighted by molar-refractivity contribution is 5.96. The third kappa shape index (κ3) is 7.47. The molecule has 1 saturated carbocycles. The molecule has 2 fully saturated rings. The lowest BCUT2D eigenvalue weighted by atomic mass is 9.85. The average Bonchev–Trinajstić information content (AvgIpc) is 3.34. The van der Waals surface area contributed by atoms with Crippen molar-refractivity contribution in [2.45, 2.75) is 111 Å². The Morgan fingerprint density at radius 2 is 1.83 bits per heavy atom. The van der Waals surface area contributed by atoms with E-state index in [9.17, 15) is 19.2 Å². The molecule has 46 heavy (non-hydrogen) atoms. The fourth-order valence-corrected chi connectivity index (χ4v) is 6.05. The highest BCUT2D eigenvalue weighted by Crippen LogP contribution is 2.47. The van der Waals surface area contributed by atoms with Crippen molar-refractivity contribution < 1.29 is 33.4 Å². The van der Waals surface area contributed by atoms with Crippen LogP contribution in [0.4, 0.5) is 4.79 Å². The van der Waals surface area contributed by atoms with Gasteiger partial charge in [0.15, 0.2) is 0 Å². The van der Waals surface area contributed by atoms with E-state index >= 15 is 0 Å². The molecule has 2 aromatic rings. The molecule has 2 heterocycles. The number of carbonyl (C=O) groups excluding carboxylic acids is 4. The van der Waals surface area contributed by atoms with Crippen molar-refractivity contribution in [1.29, 1.82) is 0 Å². The van der Waals surface area contributed by atoms with Gasteiger partial charge in [0.05, 0.1) is 24.2 Å². The highest BCUT2D eigenvalue weighted by Gasteiger charge is 2.62. The lowest BCUT2D eigenvalue weighted by Crippen LogP contribution is -2.59. The normalized spacial score (nSPS) is 23.4. The number of alkyl carbamates (subject to hydrolysis) is 1. The SMILES string of the molecule is C=CCn1c(O[C@@H]2C[C@@H](C(=O)N[C@]3(C(=O)OCC)C[C@H]3CC)N(C(=O)C(NC(=O)OC(C)(C)C)C(C)(C)C)C2)nc2ccccc21. The van der Waals surface area contributed by atoms with Gasteiger partial charge in [0, 0.05) is 13.0 Å². The predicted molar refractivity (Wildman–Crippen MR) is 173 cm³/mol. The van der Waals surface area contributed by atoms with Crippen LogP contribution in [-0.4, -0.2) is 80.8 Å². The number of imidazole rings is 1. The summed E-state index contributed by atoms with van der Waals surface area (Å²) >= 11 is 0. The van der Waals surface area contributed by atoms with Gasteiger partial charge in [-0.3, -0.25) is 14.2 Å². The number of hydrogen-bond acceptors (Lipinski definition) is 8. The summed E-state index contributed by atoms with van der Waals surface area (Å²) in [6, 6.07) is 5.95. The largest absolute Gasteiger partial charge is 0.464 e. The first-order valence-corrected chi connectivity index (χ1v) is 16.1. The molecule has 0 radical (unpaired) electrons. The van der Waals surface area contributed by atoms with Crippen molar-refractivity contribution in [3.8, 4) is 6.01 Å². The lowest BCUT2D eigenvalue weighted by molar-refractivity contribution is -0.150. The first-order chi connectivity index (χ1) is 21.5. The number of fused-ring (bicyclic) bond motifs is 1. The molecule has 4 rings (SSSR count). The number of likely N-dealkylation sites (tertiary alicyclic amines) is 1. The number of ether oxygens (including phenoxy) is 3. The molecule has 1 aliphatic heterocycles. The van der Waals surface area contributed by atoms with Gasteiger partial charge in [-0.15, -0.1) is 6.58 Å². The maximum Gasteiger partial charge on any atom is 0.408 e. The molecule has 252 valence electrons. The van der Waals surface area contributed by atoms with Gasteiger partial charge in [0.1, 0.15) is 29.3 Å². The molecule has 12 heteroatoms. The molecule has 2 N–H and O–H groups in total. The molecule has 1 aliphatic carbocycles. The maximum absolute atomic E-state index is 14.3. The smallest absolute Gasteiger partial charge is 0.408 e. The van der Waals surface area contributed by atoms with Gasteiger partial charge in [-0.25, -0.2) is 9.59 Å². The number of benzene rings is 1. The van der Waals surface area contributed by atoms with E-state index in [4.69, 9.17) is 14.2 Å². The Labute approximate surface area is 271 Å². The summed E-state index contributed by atoms with van der Waals surface area (Å²) in [4.78, 5) is 60.4. The molecular formula is C34H49N5O7. The molecule has 1 aromatic carbocycles. The van der Waals surface area contributed by atoms with Crippen LogP contribution in [0.1, 0.15) is 74.7 Å². The summed E-state index contributed by atoms with van der Waals surface area (Å²) in [5.41, 5.74) is -1.04. The summed E-state index contributed by atoms with van der Waals surface area (Å²) in [5, 5.41) is 5.70. The Bertz CT molecular complexity index is 1470. The van der Waals surface area contributed by atoms with E-state index in [0.29, 0.717) is 25.4 Å². The van der Waals surface area contributed by atoms with Gasteiger partial charge < -0.3 is 29.7 Å². The monoisotopic (exact) mass is 639 g/mol. The minimum atomic E-state index is -1.13. The second-order valence-corrected chi connectivity index (χ2v) is 14.2. The minimum absolute atomic E-state index is 0.0560. The number of nitrogens with one attached hydrogen (secondary N) is 2. The second-order valence-electron chi connectivity index (χ2n) is 14.2. The predicted octanol–water partition coefficient (Wildman–Crippen LogP) is 4.36. The Kier molecular flexibility index (Phi) is 10.1. The molecule has 0 bridgehead atoms. The summed E-state index contributed by atoms with van der Waals surface area (Å²) in [6.45, 7) is 18.9. The second kappa shape index (κ2) is 13.3. The number of nitrogens with zero attached hydrogens (tertiary/aromatic N) is 3. The van der Waals surface area contributed by atoms with Gasteiger partial charge in [-0.05, 0) is 57.6 Å². The molecule has 5 atom stereocenters. The van der Waals surface area contributed by atoms with Gasteiger partial charge in [0.2, 0.25) is 11.8 Å². The van der Waals surface area contributed by atoms with Crippen LogP contribution >= 0.6 is 0 Å². The van der Waals surface area contributed by atoms with Crippen molar-refractivity contribution >= 4 is 34.9 Å². The molecular weight excluding hydrogens is 590 g/mol. The molecule has 1 aromatic heterocycles. The number of allylic oxidation sites excluding steroid dienone is 1. The standard InChI is InChI=1S/C34H49N5O7/c1-10-17-38-24-16-14-13-15-23(24)35-30(38)45-22-18-25(27(40)37-34(19-21(34)11-2)29(42)44-12-3)39(20-22)28(41)26(32(4,5)6)36-31(43)46-33(7,8)9/h10,13-16,21-22,25-26H,1,11-12,17-20H2,2-9H3,(H,36,43)(H,37,40)/t21-,22-,25+,26?,34-/m1/s1. The van der Waals surface area contributed by atoms with E-state index in [0.717, 1.165) is 11.0 Å². The molecule has 1 unspecified atom stereocenters. The zero-order valence-corrected chi connectivity index (χ0v) is 28.3. The van der Waals surface area contributed by atoms with Crippen molar-refractivity contribution in [2.75, 3.05) is 13.2 Å². The molecule has 3 amide bonds. The summed E-state index contributed by atoms with van der Waals surface area (Å²) < 4.78 is 19.1. The summed E-state index contributed by atoms with van der Waals surface area (Å²) in [6.07, 6.45) is 1.69. The molecule has 0 spiro atoms. The third-order valence-corrected chi connectivity index (χ3v) is 8.41. The topological polar surface area (TPSA) is 141 Å². The Hall–Kier alpha value is -4.09. The number of hydrogen-bond donors (Lipinski definition) is 2. The summed E-state index contributed by atoms with van der Waals surface area (Å²) in [5.74, 6) is -1.48. The van der Waals surface area contributed by atoms with Crippen molar-refractivity contribution in [1.82, 2.24) is 25.1 Å². The molecule has 12 nitrogen and oxygen atoms in total. The van der Waals surface area contributed by atoms with Crippen LogP contribution in [0.3, 0.4) is 0 Å². The van der Waals surface area contributed by atoms with E-state index in [1.165, 1.54) is 4.90 Å². The lowest BCUT2D eigenvalue weighted by Gasteiger charge is -2.36. The zero-order chi connectivity index (χ0) is 34.0. The number of aromatic nitrogens is 2. The van der Waals surface area contributed by atoms with E-state index in [-0.39, 0.29) is 25.5 Å². The van der Waals surface area contributed by atoms with Crippen LogP contribution in [0, 0.1) is 11.3 Å². The van der Waals surface area contributed by atoms with E-state index in [1.807, 2.05) is 56.5 Å². The first kappa shape index (κ1) is 34.8. The quantitative estimate of drug-likeness (QED) is 0.273. The number of esters is 1. The Morgan fingerprint density at radius 1 is 1.13 bits per heavy atom. The van der Waals surface area contributed by atoms with Crippen LogP contribution in [0.2, 0.25) is 0 Å². The van der Waals surface area contributed by atoms with Gasteiger partial charge in [-0.2, -0.15) is 4.98 Å². The van der Waals surface area contributed by atoms with Gasteiger partial charge in [-0.1, -0.05) is 52.3 Å². The van der Waals surface area contributed by atoms with Crippen LogP contribution in [0.25, 0.3) is 11.0 Å². The maximum atomic E-state index is 14.3. The third-order valence-electron chi connectivity index (χ3n) is 8.41. The van der Waals surface area contributed by atoms with Crippen LogP contribution in [0.5, 0.6) is 6.01 Å². The van der Waals surface area contributed by atoms with E-state index < -0.39 is 58.6 Å². The highest BCUT2D eigenvalue weighted by atomic mass is 16.6. The average molecular weight is 640 g/mol. The van der Waals surface area contributed by atoms with Crippen LogP contribution < -0.4 is 15.4 Å². The van der Waals surface area contributed by atoms with Crippen LogP contribution in [-0.2, 0) is 30.4 Å². The van der Waals surface area contributed by atoms with Crippen molar-refractivity contribution in [2.24, 2.45) is 11.3 Å². The first-order valence-electron chi connectivity index (χ1n) is 16.1. The van der Waals surface area contributed by atoms with E-state index in [2.05, 4.69) is 22.2 Å². The molecule has 1 saturated heterocycles. The van der Waals surface area contributed by atoms with Crippen molar-refractivity contribution in [3.05, 3.63) is 36.9 Å². The fourth-order valence-electron chi connectivity index (χ4n) is 6.05. The fraction of sp³-hybridized carbons (Fsp3) is 0.618. The zero-order valence-electron chi connectivity index (χ0n) is 28.3. The number of amides is 3. The minimum Gasteiger partial charge on any atom is -0.464 e. The number of carbonyl (C=O) groups is 4. The summed E-state index contributed by atoms with van der Waals surface area (Å²) in [7, 11) is 0. The number of para-hydroxylation sites is 2. The Balaban J connectivity index is 1.66. The van der Waals surface area contributed by atoms with E-state index in [1.54, 1.807) is 33.8 Å². The molecule has 2 aliphatic rings. The van der Waals surface area contributed by atoms with Gasteiger partial charge in [0.25, 0.3) is 6.01 Å². The van der Waals surface area contributed by atoms with Crippen molar-refractivity contribution in [3.63, 3.8) is 0 Å². The van der Waals surface area contributed by atoms with Gasteiger partial charge >= 0.3 is 12.1 Å². The Morgan fingerprint density at radius 3 is 2.41 bits per heavy atom.